The zero-order valence-corrected chi connectivity index (χ0v) is 19.9. The molecule has 0 bridgehead atoms. The molecule has 1 unspecified atom stereocenters. The lowest BCUT2D eigenvalue weighted by atomic mass is 9.84. The van der Waals surface area contributed by atoms with Crippen LogP contribution in [0.1, 0.15) is 43.1 Å². The maximum absolute atomic E-state index is 13.3. The van der Waals surface area contributed by atoms with Crippen LogP contribution in [0.3, 0.4) is 0 Å². The Morgan fingerprint density at radius 1 is 1.13 bits per heavy atom. The van der Waals surface area contributed by atoms with Crippen LogP contribution in [0.2, 0.25) is 0 Å². The van der Waals surface area contributed by atoms with E-state index in [4.69, 9.17) is 0 Å². The van der Waals surface area contributed by atoms with Gasteiger partial charge in [-0.3, -0.25) is 9.10 Å². The monoisotopic (exact) mass is 443 g/mol. The zero-order chi connectivity index (χ0) is 22.8. The summed E-state index contributed by atoms with van der Waals surface area (Å²) in [7, 11) is 0.273. The van der Waals surface area contributed by atoms with Gasteiger partial charge in [0.05, 0.1) is 10.6 Å². The lowest BCUT2D eigenvalue weighted by molar-refractivity contribution is 0.0892. The number of amides is 1. The standard InChI is InChI=1S/C24H33N3O3S/c1-24(2,3)22(14-15-26(4)5)25-23(28)19-10-8-11-20(17-19)31(29,30)27-16-13-18-9-6-7-12-21(18)27/h6-12,17,22H,13-16H2,1-5H3,(H,25,28). The highest BCUT2D eigenvalue weighted by molar-refractivity contribution is 7.92. The third-order valence-electron chi connectivity index (χ3n) is 5.74. The normalized spacial score (nSPS) is 15.1. The Kier molecular flexibility index (Phi) is 6.76. The van der Waals surface area contributed by atoms with Crippen molar-refractivity contribution in [2.75, 3.05) is 31.5 Å². The predicted molar refractivity (Wildman–Crippen MR) is 125 cm³/mol. The van der Waals surface area contributed by atoms with Crippen LogP contribution in [0, 0.1) is 5.41 Å². The first-order chi connectivity index (χ1) is 14.5. The van der Waals surface area contributed by atoms with Gasteiger partial charge >= 0.3 is 0 Å². The summed E-state index contributed by atoms with van der Waals surface area (Å²) in [6.45, 7) is 7.55. The molecule has 1 amide bonds. The SMILES string of the molecule is CN(C)CCC(NC(=O)c1cccc(S(=O)(=O)N2CCc3ccccc32)c1)C(C)(C)C. The summed E-state index contributed by atoms with van der Waals surface area (Å²) in [5, 5.41) is 3.12. The maximum Gasteiger partial charge on any atom is 0.264 e. The summed E-state index contributed by atoms with van der Waals surface area (Å²) >= 11 is 0. The second kappa shape index (κ2) is 9.01. The van der Waals surface area contributed by atoms with E-state index in [1.807, 2.05) is 38.4 Å². The van der Waals surface area contributed by atoms with Crippen molar-refractivity contribution in [3.63, 3.8) is 0 Å². The molecule has 0 aliphatic carbocycles. The number of hydrogen-bond donors (Lipinski definition) is 1. The molecule has 2 aromatic rings. The highest BCUT2D eigenvalue weighted by Gasteiger charge is 2.31. The molecule has 1 N–H and O–H groups in total. The Bertz CT molecular complexity index is 1040. The van der Waals surface area contributed by atoms with Gasteiger partial charge in [-0.2, -0.15) is 0 Å². The summed E-state index contributed by atoms with van der Waals surface area (Å²) in [6, 6.07) is 13.8. The van der Waals surface area contributed by atoms with Gasteiger partial charge in [0.1, 0.15) is 0 Å². The number of rotatable bonds is 7. The van der Waals surface area contributed by atoms with Gasteiger partial charge in [0.2, 0.25) is 0 Å². The molecule has 2 aromatic carbocycles. The van der Waals surface area contributed by atoms with Crippen molar-refractivity contribution in [3.8, 4) is 0 Å². The first kappa shape index (κ1) is 23.3. The average molecular weight is 444 g/mol. The van der Waals surface area contributed by atoms with E-state index in [0.717, 1.165) is 18.5 Å². The van der Waals surface area contributed by atoms with E-state index in [2.05, 4.69) is 31.0 Å². The minimum Gasteiger partial charge on any atom is -0.349 e. The highest BCUT2D eigenvalue weighted by atomic mass is 32.2. The molecule has 0 radical (unpaired) electrons. The van der Waals surface area contributed by atoms with Crippen molar-refractivity contribution in [1.29, 1.82) is 0 Å². The summed E-state index contributed by atoms with van der Waals surface area (Å²) < 4.78 is 28.1. The molecule has 168 valence electrons. The van der Waals surface area contributed by atoms with E-state index in [9.17, 15) is 13.2 Å². The van der Waals surface area contributed by atoms with Crippen molar-refractivity contribution in [1.82, 2.24) is 10.2 Å². The minimum atomic E-state index is -3.74. The zero-order valence-electron chi connectivity index (χ0n) is 19.1. The fraction of sp³-hybridized carbons (Fsp3) is 0.458. The number of sulfonamides is 1. The number of carbonyl (C=O) groups excluding carboxylic acids is 1. The Hall–Kier alpha value is -2.38. The molecule has 7 heteroatoms. The van der Waals surface area contributed by atoms with E-state index in [-0.39, 0.29) is 22.3 Å². The molecule has 1 aliphatic rings. The van der Waals surface area contributed by atoms with Crippen LogP contribution in [0.25, 0.3) is 0 Å². The number of fused-ring (bicyclic) bond motifs is 1. The number of nitrogens with zero attached hydrogens (tertiary/aromatic N) is 2. The molecule has 1 aliphatic heterocycles. The number of hydrogen-bond acceptors (Lipinski definition) is 4. The topological polar surface area (TPSA) is 69.7 Å². The number of benzene rings is 2. The molecule has 0 aromatic heterocycles. The summed E-state index contributed by atoms with van der Waals surface area (Å²) in [5.74, 6) is -0.252. The van der Waals surface area contributed by atoms with Gasteiger partial charge in [-0.05, 0) is 68.7 Å². The molecular weight excluding hydrogens is 410 g/mol. The van der Waals surface area contributed by atoms with Crippen LogP contribution >= 0.6 is 0 Å². The van der Waals surface area contributed by atoms with Gasteiger partial charge in [-0.1, -0.05) is 45.0 Å². The van der Waals surface area contributed by atoms with Crippen molar-refractivity contribution >= 4 is 21.6 Å². The van der Waals surface area contributed by atoms with Crippen molar-refractivity contribution in [3.05, 3.63) is 59.7 Å². The summed E-state index contributed by atoms with van der Waals surface area (Å²) in [6.07, 6.45) is 1.50. The van der Waals surface area contributed by atoms with Crippen molar-refractivity contribution in [2.45, 2.75) is 44.6 Å². The van der Waals surface area contributed by atoms with Gasteiger partial charge in [0, 0.05) is 18.2 Å². The van der Waals surface area contributed by atoms with Crippen LogP contribution in [-0.4, -0.2) is 52.5 Å². The predicted octanol–water partition coefficient (Wildman–Crippen LogP) is 3.53. The molecule has 1 heterocycles. The smallest absolute Gasteiger partial charge is 0.264 e. The minimum absolute atomic E-state index is 0.0341. The third kappa shape index (κ3) is 5.28. The fourth-order valence-electron chi connectivity index (χ4n) is 3.83. The molecule has 1 atom stereocenters. The van der Waals surface area contributed by atoms with E-state index in [1.165, 1.54) is 10.4 Å². The molecule has 0 saturated heterocycles. The van der Waals surface area contributed by atoms with Crippen molar-refractivity contribution in [2.24, 2.45) is 5.41 Å². The molecular formula is C24H33N3O3S. The molecule has 3 rings (SSSR count). The average Bonchev–Trinajstić information content (AvgIpc) is 3.15. The Balaban J connectivity index is 1.83. The first-order valence-electron chi connectivity index (χ1n) is 10.7. The van der Waals surface area contributed by atoms with E-state index >= 15 is 0 Å². The van der Waals surface area contributed by atoms with Crippen LogP contribution in [0.4, 0.5) is 5.69 Å². The van der Waals surface area contributed by atoms with Crippen LogP contribution < -0.4 is 9.62 Å². The van der Waals surface area contributed by atoms with E-state index in [1.54, 1.807) is 18.2 Å². The third-order valence-corrected chi connectivity index (χ3v) is 7.55. The second-order valence-electron chi connectivity index (χ2n) is 9.47. The fourth-order valence-corrected chi connectivity index (χ4v) is 5.38. The molecule has 31 heavy (non-hydrogen) atoms. The second-order valence-corrected chi connectivity index (χ2v) is 11.3. The van der Waals surface area contributed by atoms with Gasteiger partial charge in [0.15, 0.2) is 0 Å². The van der Waals surface area contributed by atoms with Crippen LogP contribution in [0.5, 0.6) is 0 Å². The number of carbonyl (C=O) groups is 1. The van der Waals surface area contributed by atoms with Crippen LogP contribution in [-0.2, 0) is 16.4 Å². The van der Waals surface area contributed by atoms with Crippen molar-refractivity contribution < 1.29 is 13.2 Å². The van der Waals surface area contributed by atoms with Gasteiger partial charge < -0.3 is 10.2 Å². The maximum atomic E-state index is 13.3. The first-order valence-corrected chi connectivity index (χ1v) is 12.1. The quantitative estimate of drug-likeness (QED) is 0.711. The molecule has 6 nitrogen and oxygen atoms in total. The Labute approximate surface area is 186 Å². The van der Waals surface area contributed by atoms with Gasteiger partial charge in [-0.15, -0.1) is 0 Å². The van der Waals surface area contributed by atoms with E-state index < -0.39 is 10.0 Å². The largest absolute Gasteiger partial charge is 0.349 e. The summed E-state index contributed by atoms with van der Waals surface area (Å²) in [5.41, 5.74) is 1.98. The highest BCUT2D eigenvalue weighted by Crippen LogP contribution is 2.32. The van der Waals surface area contributed by atoms with Gasteiger partial charge in [0.25, 0.3) is 15.9 Å². The number of nitrogens with one attached hydrogen (secondary N) is 1. The number of anilines is 1. The Morgan fingerprint density at radius 3 is 2.52 bits per heavy atom. The van der Waals surface area contributed by atoms with E-state index in [0.29, 0.717) is 24.2 Å². The molecule has 0 spiro atoms. The summed E-state index contributed by atoms with van der Waals surface area (Å²) in [4.78, 5) is 15.2. The number of para-hydroxylation sites is 1. The lowest BCUT2D eigenvalue weighted by Gasteiger charge is -2.32. The van der Waals surface area contributed by atoms with Gasteiger partial charge in [-0.25, -0.2) is 8.42 Å². The lowest BCUT2D eigenvalue weighted by Crippen LogP contribution is -2.45. The van der Waals surface area contributed by atoms with Crippen LogP contribution in [0.15, 0.2) is 53.4 Å². The molecule has 0 saturated carbocycles. The molecule has 0 fully saturated rings. The Morgan fingerprint density at radius 2 is 1.84 bits per heavy atom.